The highest BCUT2D eigenvalue weighted by Crippen LogP contribution is 2.35. The summed E-state index contributed by atoms with van der Waals surface area (Å²) in [6.07, 6.45) is 2.58. The third-order valence-electron chi connectivity index (χ3n) is 3.03. The van der Waals surface area contributed by atoms with Crippen LogP contribution in [0.5, 0.6) is 5.75 Å². The maximum Gasteiger partial charge on any atom is 0.119 e. The number of benzene rings is 1. The van der Waals surface area contributed by atoms with Crippen LogP contribution in [-0.4, -0.2) is 13.2 Å². The molecule has 2 heteroatoms. The van der Waals surface area contributed by atoms with E-state index in [1.807, 2.05) is 12.1 Å². The zero-order valence-electron chi connectivity index (χ0n) is 10.1. The van der Waals surface area contributed by atoms with Crippen molar-refractivity contribution < 1.29 is 9.47 Å². The van der Waals surface area contributed by atoms with E-state index in [1.165, 1.54) is 12.0 Å². The van der Waals surface area contributed by atoms with E-state index in [9.17, 15) is 0 Å². The summed E-state index contributed by atoms with van der Waals surface area (Å²) in [5, 5.41) is 0. The van der Waals surface area contributed by atoms with Crippen LogP contribution in [0.4, 0.5) is 0 Å². The van der Waals surface area contributed by atoms with Crippen molar-refractivity contribution in [1.82, 2.24) is 0 Å². The summed E-state index contributed by atoms with van der Waals surface area (Å²) in [6.45, 7) is 6.09. The van der Waals surface area contributed by atoms with Crippen molar-refractivity contribution in [1.29, 1.82) is 0 Å². The van der Waals surface area contributed by atoms with E-state index in [1.54, 1.807) is 0 Å². The van der Waals surface area contributed by atoms with Gasteiger partial charge in [0.15, 0.2) is 0 Å². The molecule has 0 bridgehead atoms. The van der Waals surface area contributed by atoms with Gasteiger partial charge in [0, 0.05) is 5.92 Å². The standard InChI is InChI=1S/C14H20O2/c1-3-4-9-15-13-7-5-12(6-8-13)14-11(2)10-16-14/h5-8,11,14H,3-4,9-10H2,1-2H3. The first kappa shape index (κ1) is 11.5. The summed E-state index contributed by atoms with van der Waals surface area (Å²) in [6, 6.07) is 8.31. The van der Waals surface area contributed by atoms with E-state index in [0.717, 1.165) is 25.4 Å². The fraction of sp³-hybridized carbons (Fsp3) is 0.571. The normalized spacial score (nSPS) is 23.9. The molecule has 1 aromatic carbocycles. The van der Waals surface area contributed by atoms with Crippen molar-refractivity contribution in [2.24, 2.45) is 5.92 Å². The first-order valence-corrected chi connectivity index (χ1v) is 6.15. The zero-order chi connectivity index (χ0) is 11.4. The van der Waals surface area contributed by atoms with E-state index in [-0.39, 0.29) is 0 Å². The molecule has 2 rings (SSSR count). The Morgan fingerprint density at radius 3 is 2.56 bits per heavy atom. The fourth-order valence-corrected chi connectivity index (χ4v) is 1.90. The van der Waals surface area contributed by atoms with Crippen LogP contribution in [0.3, 0.4) is 0 Å². The third-order valence-corrected chi connectivity index (χ3v) is 3.03. The largest absolute Gasteiger partial charge is 0.494 e. The van der Waals surface area contributed by atoms with E-state index >= 15 is 0 Å². The molecule has 1 saturated heterocycles. The number of hydrogen-bond donors (Lipinski definition) is 0. The second-order valence-electron chi connectivity index (χ2n) is 4.50. The molecule has 2 atom stereocenters. The smallest absolute Gasteiger partial charge is 0.119 e. The van der Waals surface area contributed by atoms with Gasteiger partial charge in [-0.25, -0.2) is 0 Å². The maximum atomic E-state index is 5.62. The molecule has 0 N–H and O–H groups in total. The highest BCUT2D eigenvalue weighted by Gasteiger charge is 2.29. The summed E-state index contributed by atoms with van der Waals surface area (Å²) in [5.74, 6) is 1.61. The molecule has 16 heavy (non-hydrogen) atoms. The molecule has 0 aliphatic carbocycles. The lowest BCUT2D eigenvalue weighted by atomic mass is 9.93. The number of hydrogen-bond acceptors (Lipinski definition) is 2. The first-order chi connectivity index (χ1) is 7.81. The van der Waals surface area contributed by atoms with Gasteiger partial charge in [-0.2, -0.15) is 0 Å². The van der Waals surface area contributed by atoms with Crippen molar-refractivity contribution in [3.8, 4) is 5.75 Å². The van der Waals surface area contributed by atoms with Gasteiger partial charge in [-0.1, -0.05) is 32.4 Å². The summed E-state index contributed by atoms with van der Waals surface area (Å²) >= 11 is 0. The molecule has 0 radical (unpaired) electrons. The number of ether oxygens (including phenoxy) is 2. The van der Waals surface area contributed by atoms with Crippen molar-refractivity contribution >= 4 is 0 Å². The number of unbranched alkanes of at least 4 members (excludes halogenated alkanes) is 1. The quantitative estimate of drug-likeness (QED) is 0.706. The Bertz CT molecular complexity index is 318. The van der Waals surface area contributed by atoms with Crippen LogP contribution in [0.25, 0.3) is 0 Å². The molecule has 1 fully saturated rings. The van der Waals surface area contributed by atoms with Gasteiger partial charge in [0.2, 0.25) is 0 Å². The molecular formula is C14H20O2. The Kier molecular flexibility index (Phi) is 3.83. The highest BCUT2D eigenvalue weighted by molar-refractivity contribution is 5.29. The van der Waals surface area contributed by atoms with Crippen molar-refractivity contribution in [2.75, 3.05) is 13.2 Å². The summed E-state index contributed by atoms with van der Waals surface area (Å²) in [7, 11) is 0. The summed E-state index contributed by atoms with van der Waals surface area (Å²) < 4.78 is 11.1. The van der Waals surface area contributed by atoms with Crippen LogP contribution in [0.1, 0.15) is 38.4 Å². The maximum absolute atomic E-state index is 5.62. The lowest BCUT2D eigenvalue weighted by Crippen LogP contribution is -2.29. The highest BCUT2D eigenvalue weighted by atomic mass is 16.5. The Morgan fingerprint density at radius 1 is 1.31 bits per heavy atom. The third kappa shape index (κ3) is 2.56. The molecule has 1 heterocycles. The first-order valence-electron chi connectivity index (χ1n) is 6.15. The van der Waals surface area contributed by atoms with Gasteiger partial charge in [0.25, 0.3) is 0 Å². The fourth-order valence-electron chi connectivity index (χ4n) is 1.90. The Labute approximate surface area is 97.6 Å². The second kappa shape index (κ2) is 5.35. The SMILES string of the molecule is CCCCOc1ccc(C2OCC2C)cc1. The lowest BCUT2D eigenvalue weighted by Gasteiger charge is -2.34. The van der Waals surface area contributed by atoms with Gasteiger partial charge in [-0.3, -0.25) is 0 Å². The molecule has 0 spiro atoms. The van der Waals surface area contributed by atoms with Crippen molar-refractivity contribution in [3.05, 3.63) is 29.8 Å². The van der Waals surface area contributed by atoms with Crippen LogP contribution < -0.4 is 4.74 Å². The minimum Gasteiger partial charge on any atom is -0.494 e. The Balaban J connectivity index is 1.89. The van der Waals surface area contributed by atoms with Gasteiger partial charge in [0.05, 0.1) is 19.3 Å². The van der Waals surface area contributed by atoms with E-state index in [2.05, 4.69) is 26.0 Å². The van der Waals surface area contributed by atoms with E-state index < -0.39 is 0 Å². The molecule has 1 aliphatic heterocycles. The van der Waals surface area contributed by atoms with Crippen molar-refractivity contribution in [2.45, 2.75) is 32.8 Å². The van der Waals surface area contributed by atoms with E-state index in [4.69, 9.17) is 9.47 Å². The van der Waals surface area contributed by atoms with Gasteiger partial charge in [-0.05, 0) is 24.1 Å². The average molecular weight is 220 g/mol. The van der Waals surface area contributed by atoms with Crippen molar-refractivity contribution in [3.63, 3.8) is 0 Å². The molecule has 1 aliphatic rings. The minimum atomic E-state index is 0.296. The molecule has 2 nitrogen and oxygen atoms in total. The van der Waals surface area contributed by atoms with Crippen LogP contribution in [0.2, 0.25) is 0 Å². The molecule has 0 aromatic heterocycles. The summed E-state index contributed by atoms with van der Waals surface area (Å²) in [4.78, 5) is 0. The van der Waals surface area contributed by atoms with Crippen LogP contribution >= 0.6 is 0 Å². The zero-order valence-corrected chi connectivity index (χ0v) is 10.1. The molecule has 2 unspecified atom stereocenters. The molecular weight excluding hydrogens is 200 g/mol. The van der Waals surface area contributed by atoms with Crippen LogP contribution in [0.15, 0.2) is 24.3 Å². The lowest BCUT2D eigenvalue weighted by molar-refractivity contribution is -0.109. The summed E-state index contributed by atoms with van der Waals surface area (Å²) in [5.41, 5.74) is 1.27. The average Bonchev–Trinajstić information content (AvgIpc) is 2.30. The molecule has 1 aromatic rings. The van der Waals surface area contributed by atoms with Gasteiger partial charge in [-0.15, -0.1) is 0 Å². The Hall–Kier alpha value is -1.02. The molecule has 0 saturated carbocycles. The van der Waals surface area contributed by atoms with Gasteiger partial charge >= 0.3 is 0 Å². The second-order valence-corrected chi connectivity index (χ2v) is 4.50. The Morgan fingerprint density at radius 2 is 2.06 bits per heavy atom. The van der Waals surface area contributed by atoms with Crippen LogP contribution in [-0.2, 0) is 4.74 Å². The van der Waals surface area contributed by atoms with Gasteiger partial charge in [0.1, 0.15) is 5.75 Å². The van der Waals surface area contributed by atoms with Crippen LogP contribution in [0, 0.1) is 5.92 Å². The molecule has 88 valence electrons. The molecule has 0 amide bonds. The predicted molar refractivity (Wildman–Crippen MR) is 64.7 cm³/mol. The monoisotopic (exact) mass is 220 g/mol. The topological polar surface area (TPSA) is 18.5 Å². The predicted octanol–water partition coefficient (Wildman–Crippen LogP) is 3.57. The van der Waals surface area contributed by atoms with Gasteiger partial charge < -0.3 is 9.47 Å². The minimum absolute atomic E-state index is 0.296. The van der Waals surface area contributed by atoms with E-state index in [0.29, 0.717) is 12.0 Å². The number of rotatable bonds is 5.